The van der Waals surface area contributed by atoms with Gasteiger partial charge >= 0.3 is 0 Å². The molecule has 3 aromatic rings. The van der Waals surface area contributed by atoms with Crippen LogP contribution in [-0.2, 0) is 22.6 Å². The standard InChI is InChI=1S/C26H37N7O3/c1-3-24(25-28-29-30-33(25)18-22-5-4-12-36-22)32(9-8-31-10-13-35-14-11-31)17-21-16-20-15-19(2)6-7-23(20)27-26(21)34/h6-7,15-16,22,24H,3-5,8-14,17-18H2,1-2H3,(H,27,34)/t22-,24+/m0/s1. The number of tetrazole rings is 1. The van der Waals surface area contributed by atoms with Crippen LogP contribution in [0.2, 0.25) is 0 Å². The Morgan fingerprint density at radius 1 is 1.22 bits per heavy atom. The number of nitrogens with one attached hydrogen (secondary N) is 1. The molecule has 10 nitrogen and oxygen atoms in total. The monoisotopic (exact) mass is 495 g/mol. The molecule has 2 saturated heterocycles. The van der Waals surface area contributed by atoms with Gasteiger partial charge in [0.05, 0.1) is 31.9 Å². The third kappa shape index (κ3) is 5.83. The SMILES string of the molecule is CC[C@H](c1nnnn1C[C@@H]1CCCO1)N(CCN1CCOCC1)Cc1cc2cc(C)ccc2[nH]c1=O. The van der Waals surface area contributed by atoms with Crippen LogP contribution in [0.4, 0.5) is 0 Å². The van der Waals surface area contributed by atoms with E-state index >= 15 is 0 Å². The number of H-pyrrole nitrogens is 1. The maximum Gasteiger partial charge on any atom is 0.252 e. The molecule has 2 aromatic heterocycles. The summed E-state index contributed by atoms with van der Waals surface area (Å²) < 4.78 is 13.3. The van der Waals surface area contributed by atoms with Gasteiger partial charge in [-0.3, -0.25) is 14.6 Å². The zero-order valence-electron chi connectivity index (χ0n) is 21.4. The van der Waals surface area contributed by atoms with Gasteiger partial charge in [-0.05, 0) is 60.2 Å². The molecule has 0 amide bonds. The van der Waals surface area contributed by atoms with Crippen molar-refractivity contribution < 1.29 is 9.47 Å². The highest BCUT2D eigenvalue weighted by Gasteiger charge is 2.28. The summed E-state index contributed by atoms with van der Waals surface area (Å²) in [6, 6.07) is 8.13. The second kappa shape index (κ2) is 11.6. The second-order valence-corrected chi connectivity index (χ2v) is 9.92. The molecule has 0 aliphatic carbocycles. The maximum atomic E-state index is 13.1. The number of aromatic amines is 1. The summed E-state index contributed by atoms with van der Waals surface area (Å²) in [5, 5.41) is 13.8. The van der Waals surface area contributed by atoms with Crippen LogP contribution < -0.4 is 5.56 Å². The minimum atomic E-state index is -0.0449. The number of fused-ring (bicyclic) bond motifs is 1. The predicted molar refractivity (Wildman–Crippen MR) is 137 cm³/mol. The number of pyridine rings is 1. The van der Waals surface area contributed by atoms with E-state index in [9.17, 15) is 4.79 Å². The average molecular weight is 496 g/mol. The van der Waals surface area contributed by atoms with Crippen molar-refractivity contribution in [3.8, 4) is 0 Å². The fraction of sp³-hybridized carbons (Fsp3) is 0.615. The van der Waals surface area contributed by atoms with E-state index in [0.29, 0.717) is 13.1 Å². The maximum absolute atomic E-state index is 13.1. The molecule has 1 aromatic carbocycles. The Kier molecular flexibility index (Phi) is 8.05. The van der Waals surface area contributed by atoms with Crippen LogP contribution >= 0.6 is 0 Å². The first-order valence-corrected chi connectivity index (χ1v) is 13.1. The highest BCUT2D eigenvalue weighted by molar-refractivity contribution is 5.79. The van der Waals surface area contributed by atoms with Gasteiger partial charge in [-0.15, -0.1) is 5.10 Å². The number of aromatic nitrogens is 5. The van der Waals surface area contributed by atoms with E-state index in [4.69, 9.17) is 9.47 Å². The lowest BCUT2D eigenvalue weighted by atomic mass is 10.1. The molecule has 5 rings (SSSR count). The lowest BCUT2D eigenvalue weighted by molar-refractivity contribution is 0.0289. The Morgan fingerprint density at radius 2 is 2.08 bits per heavy atom. The van der Waals surface area contributed by atoms with E-state index in [0.717, 1.165) is 87.6 Å². The summed E-state index contributed by atoms with van der Waals surface area (Å²) >= 11 is 0. The number of rotatable bonds is 10. The summed E-state index contributed by atoms with van der Waals surface area (Å²) in [6.45, 7) is 11.3. The van der Waals surface area contributed by atoms with Crippen molar-refractivity contribution in [2.45, 2.75) is 58.3 Å². The first kappa shape index (κ1) is 25.0. The predicted octanol–water partition coefficient (Wildman–Crippen LogP) is 2.29. The smallest absolute Gasteiger partial charge is 0.252 e. The van der Waals surface area contributed by atoms with Crippen LogP contribution in [0, 0.1) is 6.92 Å². The summed E-state index contributed by atoms with van der Waals surface area (Å²) in [7, 11) is 0. The van der Waals surface area contributed by atoms with E-state index in [1.54, 1.807) is 0 Å². The lowest BCUT2D eigenvalue weighted by Crippen LogP contribution is -2.43. The summed E-state index contributed by atoms with van der Waals surface area (Å²) in [5.41, 5.74) is 2.74. The minimum absolute atomic E-state index is 0.0185. The lowest BCUT2D eigenvalue weighted by Gasteiger charge is -2.34. The van der Waals surface area contributed by atoms with Gasteiger partial charge in [0.1, 0.15) is 0 Å². The van der Waals surface area contributed by atoms with Gasteiger partial charge in [0.15, 0.2) is 5.82 Å². The third-order valence-corrected chi connectivity index (χ3v) is 7.34. The number of ether oxygens (including phenoxy) is 2. The number of hydrogen-bond donors (Lipinski definition) is 1. The molecule has 10 heteroatoms. The minimum Gasteiger partial charge on any atom is -0.379 e. The molecular weight excluding hydrogens is 458 g/mol. The summed E-state index contributed by atoms with van der Waals surface area (Å²) in [4.78, 5) is 20.9. The van der Waals surface area contributed by atoms with Gasteiger partial charge in [0, 0.05) is 50.4 Å². The van der Waals surface area contributed by atoms with Crippen LogP contribution in [0.25, 0.3) is 10.9 Å². The van der Waals surface area contributed by atoms with Crippen LogP contribution in [-0.4, -0.2) is 87.1 Å². The molecule has 2 fully saturated rings. The largest absolute Gasteiger partial charge is 0.379 e. The first-order valence-electron chi connectivity index (χ1n) is 13.1. The molecular formula is C26H37N7O3. The van der Waals surface area contributed by atoms with Crippen molar-refractivity contribution in [1.29, 1.82) is 0 Å². The Bertz CT molecular complexity index is 1200. The van der Waals surface area contributed by atoms with Gasteiger partial charge in [0.25, 0.3) is 5.56 Å². The molecule has 36 heavy (non-hydrogen) atoms. The average Bonchev–Trinajstić information content (AvgIpc) is 3.57. The highest BCUT2D eigenvalue weighted by atomic mass is 16.5. The van der Waals surface area contributed by atoms with E-state index in [2.05, 4.69) is 50.2 Å². The van der Waals surface area contributed by atoms with Gasteiger partial charge in [-0.2, -0.15) is 0 Å². The van der Waals surface area contributed by atoms with Gasteiger partial charge in [0.2, 0.25) is 0 Å². The van der Waals surface area contributed by atoms with E-state index < -0.39 is 0 Å². The number of aryl methyl sites for hydroxylation is 1. The second-order valence-electron chi connectivity index (χ2n) is 9.92. The molecule has 4 heterocycles. The fourth-order valence-electron chi connectivity index (χ4n) is 5.31. The zero-order chi connectivity index (χ0) is 24.9. The van der Waals surface area contributed by atoms with Crippen LogP contribution in [0.3, 0.4) is 0 Å². The van der Waals surface area contributed by atoms with Crippen LogP contribution in [0.5, 0.6) is 0 Å². The molecule has 1 N–H and O–H groups in total. The quantitative estimate of drug-likeness (QED) is 0.457. The Balaban J connectivity index is 1.42. The van der Waals surface area contributed by atoms with E-state index in [1.807, 2.05) is 22.9 Å². The van der Waals surface area contributed by atoms with E-state index in [-0.39, 0.29) is 17.7 Å². The molecule has 2 aliphatic heterocycles. The Morgan fingerprint density at radius 3 is 2.86 bits per heavy atom. The molecule has 0 unspecified atom stereocenters. The fourth-order valence-corrected chi connectivity index (χ4v) is 5.31. The van der Waals surface area contributed by atoms with Gasteiger partial charge in [-0.1, -0.05) is 18.6 Å². The molecule has 2 atom stereocenters. The number of hydrogen-bond acceptors (Lipinski definition) is 8. The topological polar surface area (TPSA) is 101 Å². The van der Waals surface area contributed by atoms with Gasteiger partial charge in [-0.25, -0.2) is 4.68 Å². The Labute approximate surface area is 211 Å². The Hall–Kier alpha value is -2.66. The van der Waals surface area contributed by atoms with Crippen molar-refractivity contribution in [3.63, 3.8) is 0 Å². The van der Waals surface area contributed by atoms with Crippen molar-refractivity contribution in [1.82, 2.24) is 35.0 Å². The zero-order valence-corrected chi connectivity index (χ0v) is 21.4. The van der Waals surface area contributed by atoms with E-state index in [1.165, 1.54) is 5.56 Å². The number of benzene rings is 1. The normalized spacial score (nSPS) is 19.9. The number of nitrogens with zero attached hydrogens (tertiary/aromatic N) is 6. The first-order chi connectivity index (χ1) is 17.6. The summed E-state index contributed by atoms with van der Waals surface area (Å²) in [6.07, 6.45) is 3.09. The summed E-state index contributed by atoms with van der Waals surface area (Å²) in [5.74, 6) is 0.836. The van der Waals surface area contributed by atoms with Crippen molar-refractivity contribution >= 4 is 10.9 Å². The van der Waals surface area contributed by atoms with Crippen LogP contribution in [0.15, 0.2) is 29.1 Å². The molecule has 0 radical (unpaired) electrons. The molecule has 0 saturated carbocycles. The highest BCUT2D eigenvalue weighted by Crippen LogP contribution is 2.25. The van der Waals surface area contributed by atoms with Crippen molar-refractivity contribution in [3.05, 3.63) is 51.6 Å². The molecule has 2 aliphatic rings. The van der Waals surface area contributed by atoms with Crippen molar-refractivity contribution in [2.24, 2.45) is 0 Å². The number of morpholine rings is 1. The third-order valence-electron chi connectivity index (χ3n) is 7.34. The molecule has 0 bridgehead atoms. The van der Waals surface area contributed by atoms with Crippen molar-refractivity contribution in [2.75, 3.05) is 46.0 Å². The molecule has 194 valence electrons. The van der Waals surface area contributed by atoms with Crippen LogP contribution in [0.1, 0.15) is 49.2 Å². The van der Waals surface area contributed by atoms with Gasteiger partial charge < -0.3 is 14.5 Å². The molecule has 0 spiro atoms.